The second-order valence-electron chi connectivity index (χ2n) is 8.19. The summed E-state index contributed by atoms with van der Waals surface area (Å²) in [7, 11) is 1.39. The second kappa shape index (κ2) is 11.4. The van der Waals surface area contributed by atoms with Gasteiger partial charge in [0, 0.05) is 31.1 Å². The number of amides is 1. The van der Waals surface area contributed by atoms with E-state index < -0.39 is 17.5 Å². The van der Waals surface area contributed by atoms with Crippen LogP contribution in [0.5, 0.6) is 11.5 Å². The molecule has 2 aromatic carbocycles. The molecule has 0 fully saturated rings. The second-order valence-corrected chi connectivity index (χ2v) is 8.19. The third-order valence-electron chi connectivity index (χ3n) is 4.52. The van der Waals surface area contributed by atoms with E-state index in [0.717, 1.165) is 17.0 Å². The summed E-state index contributed by atoms with van der Waals surface area (Å²) < 4.78 is 16.4. The Bertz CT molecular complexity index is 840. The molecular weight excluding hydrogens is 398 g/mol. The molecule has 1 atom stereocenters. The van der Waals surface area contributed by atoms with Gasteiger partial charge in [-0.2, -0.15) is 0 Å². The number of benzene rings is 2. The zero-order valence-corrected chi connectivity index (χ0v) is 18.5. The van der Waals surface area contributed by atoms with E-state index in [-0.39, 0.29) is 5.91 Å². The van der Waals surface area contributed by atoms with Crippen LogP contribution >= 0.6 is 0 Å². The van der Waals surface area contributed by atoms with Crippen LogP contribution in [0.4, 0.5) is 5.69 Å². The van der Waals surface area contributed by atoms with Crippen LogP contribution in [0.2, 0.25) is 0 Å². The monoisotopic (exact) mass is 429 g/mol. The number of carboxylic acid groups (broad SMARTS) is 1. The van der Waals surface area contributed by atoms with Crippen molar-refractivity contribution in [1.29, 1.82) is 0 Å². The number of aliphatic carboxylic acids is 1. The lowest BCUT2D eigenvalue weighted by Crippen LogP contribution is -2.27. The van der Waals surface area contributed by atoms with Crippen molar-refractivity contribution in [2.75, 3.05) is 25.6 Å². The van der Waals surface area contributed by atoms with Crippen molar-refractivity contribution in [1.82, 2.24) is 0 Å². The normalized spacial score (nSPS) is 12.1. The van der Waals surface area contributed by atoms with Gasteiger partial charge >= 0.3 is 5.97 Å². The third kappa shape index (κ3) is 8.30. The zero-order chi connectivity index (χ0) is 22.9. The van der Waals surface area contributed by atoms with Crippen LogP contribution in [0.1, 0.15) is 32.8 Å². The number of ether oxygens (including phenoxy) is 3. The fourth-order valence-electron chi connectivity index (χ4n) is 2.60. The summed E-state index contributed by atoms with van der Waals surface area (Å²) >= 11 is 0. The minimum atomic E-state index is -0.980. The molecule has 168 valence electrons. The lowest BCUT2D eigenvalue weighted by atomic mass is 9.95. The third-order valence-corrected chi connectivity index (χ3v) is 4.52. The Kier molecular flexibility index (Phi) is 8.88. The molecule has 2 rings (SSSR count). The molecule has 0 aliphatic rings. The van der Waals surface area contributed by atoms with Gasteiger partial charge in [0.2, 0.25) is 5.91 Å². The van der Waals surface area contributed by atoms with Crippen molar-refractivity contribution in [2.45, 2.75) is 39.7 Å². The summed E-state index contributed by atoms with van der Waals surface area (Å²) in [4.78, 5) is 23.0. The van der Waals surface area contributed by atoms with Gasteiger partial charge < -0.3 is 24.6 Å². The molecule has 0 bridgehead atoms. The first kappa shape index (κ1) is 24.2. The smallest absolute Gasteiger partial charge is 0.333 e. The number of carbonyl (C=O) groups excluding carboxylic acids is 1. The molecule has 31 heavy (non-hydrogen) atoms. The van der Waals surface area contributed by atoms with E-state index in [2.05, 4.69) is 5.32 Å². The van der Waals surface area contributed by atoms with Crippen LogP contribution < -0.4 is 14.8 Å². The summed E-state index contributed by atoms with van der Waals surface area (Å²) in [5.41, 5.74) is 1.16. The van der Waals surface area contributed by atoms with Crippen molar-refractivity contribution in [3.8, 4) is 11.5 Å². The van der Waals surface area contributed by atoms with Gasteiger partial charge in [0.1, 0.15) is 11.5 Å². The number of carbonyl (C=O) groups is 2. The highest BCUT2D eigenvalue weighted by Gasteiger charge is 2.21. The Morgan fingerprint density at radius 1 is 0.935 bits per heavy atom. The molecule has 0 heterocycles. The Morgan fingerprint density at radius 3 is 1.90 bits per heavy atom. The van der Waals surface area contributed by atoms with Crippen LogP contribution in [0.3, 0.4) is 0 Å². The number of hydrogen-bond acceptors (Lipinski definition) is 5. The Morgan fingerprint density at radius 2 is 1.45 bits per heavy atom. The lowest BCUT2D eigenvalue weighted by Gasteiger charge is -2.17. The van der Waals surface area contributed by atoms with E-state index in [0.29, 0.717) is 31.8 Å². The molecule has 7 heteroatoms. The van der Waals surface area contributed by atoms with Gasteiger partial charge in [-0.15, -0.1) is 0 Å². The van der Waals surface area contributed by atoms with Crippen molar-refractivity contribution in [3.63, 3.8) is 0 Å². The van der Waals surface area contributed by atoms with E-state index in [1.54, 1.807) is 0 Å². The minimum Gasteiger partial charge on any atom is -0.493 e. The highest BCUT2D eigenvalue weighted by molar-refractivity contribution is 5.94. The first-order valence-electron chi connectivity index (χ1n) is 10.2. The SMILES string of the molecule is CO[C@@H](Cc1ccc(OCCCOc2ccc(NC(=O)C(C)(C)C)cc2)cc1)C(=O)O. The van der Waals surface area contributed by atoms with Crippen molar-refractivity contribution < 1.29 is 28.9 Å². The molecule has 0 aliphatic carbocycles. The maximum atomic E-state index is 12.0. The minimum absolute atomic E-state index is 0.0354. The molecule has 2 N–H and O–H groups in total. The van der Waals surface area contributed by atoms with Gasteiger partial charge in [-0.1, -0.05) is 32.9 Å². The van der Waals surface area contributed by atoms with Crippen molar-refractivity contribution in [2.24, 2.45) is 5.41 Å². The Balaban J connectivity index is 1.69. The Hall–Kier alpha value is -3.06. The molecule has 0 aliphatic heterocycles. The average Bonchev–Trinajstić information content (AvgIpc) is 2.73. The van der Waals surface area contributed by atoms with Crippen LogP contribution in [0, 0.1) is 5.41 Å². The van der Waals surface area contributed by atoms with E-state index >= 15 is 0 Å². The fraction of sp³-hybridized carbons (Fsp3) is 0.417. The molecular formula is C24H31NO6. The number of carboxylic acids is 1. The number of nitrogens with one attached hydrogen (secondary N) is 1. The molecule has 0 unspecified atom stereocenters. The standard InChI is InChI=1S/C24H31NO6/c1-24(2,3)23(28)25-18-8-12-20(13-9-18)31-15-5-14-30-19-10-6-17(7-11-19)16-21(29-4)22(26)27/h6-13,21H,5,14-16H2,1-4H3,(H,25,28)(H,26,27)/t21-/m0/s1. The van der Waals surface area contributed by atoms with Gasteiger partial charge in [-0.05, 0) is 42.0 Å². The molecule has 0 aromatic heterocycles. The predicted octanol–water partition coefficient (Wildman–Crippen LogP) is 4.16. The van der Waals surface area contributed by atoms with E-state index in [1.165, 1.54) is 7.11 Å². The highest BCUT2D eigenvalue weighted by atomic mass is 16.5. The fourth-order valence-corrected chi connectivity index (χ4v) is 2.60. The molecule has 1 amide bonds. The van der Waals surface area contributed by atoms with Gasteiger partial charge in [0.25, 0.3) is 0 Å². The quantitative estimate of drug-likeness (QED) is 0.521. The molecule has 0 saturated heterocycles. The van der Waals surface area contributed by atoms with E-state index in [9.17, 15) is 9.59 Å². The van der Waals surface area contributed by atoms with Gasteiger partial charge in [-0.25, -0.2) is 4.79 Å². The molecule has 0 radical (unpaired) electrons. The predicted molar refractivity (Wildman–Crippen MR) is 119 cm³/mol. The van der Waals surface area contributed by atoms with Crippen LogP contribution in [0.25, 0.3) is 0 Å². The van der Waals surface area contributed by atoms with Gasteiger partial charge in [-0.3, -0.25) is 4.79 Å². The highest BCUT2D eigenvalue weighted by Crippen LogP contribution is 2.20. The van der Waals surface area contributed by atoms with Crippen molar-refractivity contribution >= 4 is 17.6 Å². The maximum absolute atomic E-state index is 12.0. The van der Waals surface area contributed by atoms with Gasteiger partial charge in [0.15, 0.2) is 6.10 Å². The van der Waals surface area contributed by atoms with Crippen LogP contribution in [-0.2, 0) is 20.7 Å². The Labute approximate surface area is 183 Å². The summed E-state index contributed by atoms with van der Waals surface area (Å²) in [5, 5.41) is 11.9. The average molecular weight is 430 g/mol. The first-order valence-corrected chi connectivity index (χ1v) is 10.2. The number of methoxy groups -OCH3 is 1. The molecule has 0 spiro atoms. The maximum Gasteiger partial charge on any atom is 0.333 e. The lowest BCUT2D eigenvalue weighted by molar-refractivity contribution is -0.148. The largest absolute Gasteiger partial charge is 0.493 e. The number of anilines is 1. The zero-order valence-electron chi connectivity index (χ0n) is 18.5. The van der Waals surface area contributed by atoms with Crippen LogP contribution in [-0.4, -0.2) is 43.4 Å². The van der Waals surface area contributed by atoms with Crippen LogP contribution in [0.15, 0.2) is 48.5 Å². The van der Waals surface area contributed by atoms with E-state index in [1.807, 2.05) is 69.3 Å². The molecule has 7 nitrogen and oxygen atoms in total. The topological polar surface area (TPSA) is 94.1 Å². The van der Waals surface area contributed by atoms with E-state index in [4.69, 9.17) is 19.3 Å². The molecule has 2 aromatic rings. The first-order chi connectivity index (χ1) is 14.7. The number of hydrogen-bond donors (Lipinski definition) is 2. The summed E-state index contributed by atoms with van der Waals surface area (Å²) in [5.74, 6) is 0.426. The van der Waals surface area contributed by atoms with Gasteiger partial charge in [0.05, 0.1) is 13.2 Å². The summed E-state index contributed by atoms with van der Waals surface area (Å²) in [6, 6.07) is 14.6. The summed E-state index contributed by atoms with van der Waals surface area (Å²) in [6.07, 6.45) is 0.154. The van der Waals surface area contributed by atoms with Crippen molar-refractivity contribution in [3.05, 3.63) is 54.1 Å². The summed E-state index contributed by atoms with van der Waals surface area (Å²) in [6.45, 7) is 6.60. The number of rotatable bonds is 11. The molecule has 0 saturated carbocycles.